The van der Waals surface area contributed by atoms with E-state index in [0.29, 0.717) is 12.4 Å². The summed E-state index contributed by atoms with van der Waals surface area (Å²) in [6, 6.07) is 10.0. The number of hydrogen-bond acceptors (Lipinski definition) is 5. The molecule has 0 atom stereocenters. The van der Waals surface area contributed by atoms with Gasteiger partial charge in [-0.25, -0.2) is 9.97 Å². The number of hydrogen-bond donors (Lipinski definition) is 1. The van der Waals surface area contributed by atoms with Crippen LogP contribution in [0.1, 0.15) is 12.2 Å². The summed E-state index contributed by atoms with van der Waals surface area (Å²) < 4.78 is 5.79. The highest BCUT2D eigenvalue weighted by molar-refractivity contribution is 5.50. The molecule has 5 heteroatoms. The van der Waals surface area contributed by atoms with E-state index in [9.17, 15) is 0 Å². The highest BCUT2D eigenvalue weighted by atomic mass is 16.5. The first-order chi connectivity index (χ1) is 10.4. The van der Waals surface area contributed by atoms with Crippen molar-refractivity contribution in [1.82, 2.24) is 15.3 Å². The number of nitrogens with one attached hydrogen (secondary N) is 1. The van der Waals surface area contributed by atoms with Crippen LogP contribution in [-0.4, -0.2) is 36.1 Å². The Bertz CT molecular complexity index is 553. The van der Waals surface area contributed by atoms with Gasteiger partial charge in [-0.15, -0.1) is 0 Å². The second kappa shape index (κ2) is 7.04. The van der Waals surface area contributed by atoms with Crippen LogP contribution in [0, 0.1) is 0 Å². The summed E-state index contributed by atoms with van der Waals surface area (Å²) in [7, 11) is 0. The predicted octanol–water partition coefficient (Wildman–Crippen LogP) is 1.86. The lowest BCUT2D eigenvalue weighted by Crippen LogP contribution is -2.27. The van der Waals surface area contributed by atoms with E-state index < -0.39 is 0 Å². The summed E-state index contributed by atoms with van der Waals surface area (Å²) >= 11 is 0. The molecule has 1 aromatic carbocycles. The van der Waals surface area contributed by atoms with Crippen molar-refractivity contribution in [1.29, 1.82) is 0 Å². The predicted molar refractivity (Wildman–Crippen MR) is 82.5 cm³/mol. The van der Waals surface area contributed by atoms with Gasteiger partial charge in [0.25, 0.3) is 0 Å². The van der Waals surface area contributed by atoms with Gasteiger partial charge in [0.15, 0.2) is 5.82 Å². The van der Waals surface area contributed by atoms with Gasteiger partial charge in [0, 0.05) is 43.8 Å². The Morgan fingerprint density at radius 2 is 2.00 bits per heavy atom. The second-order valence-electron chi connectivity index (χ2n) is 5.04. The number of ether oxygens (including phenoxy) is 1. The lowest BCUT2D eigenvalue weighted by Gasteiger charge is -2.22. The smallest absolute Gasteiger partial charge is 0.166 e. The maximum Gasteiger partial charge on any atom is 0.166 e. The SMILES string of the molecule is c1cnc(COc2cccc(N3CCCNCC3)c2)nc1. The van der Waals surface area contributed by atoms with Crippen LogP contribution in [0.2, 0.25) is 0 Å². The Hall–Kier alpha value is -2.14. The minimum absolute atomic E-state index is 0.395. The van der Waals surface area contributed by atoms with E-state index in [4.69, 9.17) is 4.74 Å². The highest BCUT2D eigenvalue weighted by Gasteiger charge is 2.10. The Balaban J connectivity index is 1.65. The first kappa shape index (κ1) is 13.8. The van der Waals surface area contributed by atoms with Crippen LogP contribution >= 0.6 is 0 Å². The maximum atomic E-state index is 5.79. The van der Waals surface area contributed by atoms with Crippen molar-refractivity contribution in [2.24, 2.45) is 0 Å². The third-order valence-electron chi connectivity index (χ3n) is 3.51. The van der Waals surface area contributed by atoms with Crippen LogP contribution in [-0.2, 0) is 6.61 Å². The summed E-state index contributed by atoms with van der Waals surface area (Å²) in [6.45, 7) is 4.64. The summed E-state index contributed by atoms with van der Waals surface area (Å²) in [4.78, 5) is 10.7. The van der Waals surface area contributed by atoms with Gasteiger partial charge in [0.2, 0.25) is 0 Å². The zero-order valence-electron chi connectivity index (χ0n) is 12.0. The molecule has 1 N–H and O–H groups in total. The molecule has 0 spiro atoms. The first-order valence-electron chi connectivity index (χ1n) is 7.36. The Morgan fingerprint density at radius 1 is 1.10 bits per heavy atom. The average molecular weight is 284 g/mol. The van der Waals surface area contributed by atoms with Crippen LogP contribution in [0.3, 0.4) is 0 Å². The number of benzene rings is 1. The van der Waals surface area contributed by atoms with E-state index >= 15 is 0 Å². The molecular weight excluding hydrogens is 264 g/mol. The molecule has 1 fully saturated rings. The quantitative estimate of drug-likeness (QED) is 0.928. The van der Waals surface area contributed by atoms with Crippen LogP contribution in [0.5, 0.6) is 5.75 Å². The highest BCUT2D eigenvalue weighted by Crippen LogP contribution is 2.22. The first-order valence-corrected chi connectivity index (χ1v) is 7.36. The fourth-order valence-electron chi connectivity index (χ4n) is 2.43. The fraction of sp³-hybridized carbons (Fsp3) is 0.375. The maximum absolute atomic E-state index is 5.79. The molecule has 0 bridgehead atoms. The molecule has 0 aliphatic carbocycles. The molecule has 1 aromatic heterocycles. The molecule has 1 aliphatic rings. The molecule has 5 nitrogen and oxygen atoms in total. The van der Waals surface area contributed by atoms with E-state index in [1.54, 1.807) is 18.5 Å². The molecule has 0 radical (unpaired) electrons. The summed E-state index contributed by atoms with van der Waals surface area (Å²) in [5, 5.41) is 3.42. The topological polar surface area (TPSA) is 50.3 Å². The van der Waals surface area contributed by atoms with Crippen LogP contribution in [0.25, 0.3) is 0 Å². The average Bonchev–Trinajstić information content (AvgIpc) is 2.83. The largest absolute Gasteiger partial charge is 0.486 e. The molecule has 2 heterocycles. The van der Waals surface area contributed by atoms with E-state index in [2.05, 4.69) is 32.3 Å². The fourth-order valence-corrected chi connectivity index (χ4v) is 2.43. The van der Waals surface area contributed by atoms with E-state index in [0.717, 1.165) is 31.9 Å². The summed E-state index contributed by atoms with van der Waals surface area (Å²) in [5.74, 6) is 1.55. The van der Waals surface area contributed by atoms with Crippen molar-refractivity contribution in [2.45, 2.75) is 13.0 Å². The van der Waals surface area contributed by atoms with Gasteiger partial charge in [-0.2, -0.15) is 0 Å². The van der Waals surface area contributed by atoms with E-state index in [1.165, 1.54) is 12.1 Å². The van der Waals surface area contributed by atoms with Crippen molar-refractivity contribution in [2.75, 3.05) is 31.1 Å². The Kier molecular flexibility index (Phi) is 4.63. The van der Waals surface area contributed by atoms with Crippen molar-refractivity contribution >= 4 is 5.69 Å². The van der Waals surface area contributed by atoms with Crippen molar-refractivity contribution < 1.29 is 4.74 Å². The molecule has 0 unspecified atom stereocenters. The Labute approximate surface area is 125 Å². The zero-order chi connectivity index (χ0) is 14.3. The number of aromatic nitrogens is 2. The standard InChI is InChI=1S/C16H20N4O/c1-4-14(20-10-3-6-17-9-11-20)12-15(5-1)21-13-16-18-7-2-8-19-16/h1-2,4-5,7-8,12,17H,3,6,9-11,13H2. The molecule has 110 valence electrons. The Morgan fingerprint density at radius 3 is 2.90 bits per heavy atom. The van der Waals surface area contributed by atoms with Crippen molar-refractivity contribution in [3.63, 3.8) is 0 Å². The third-order valence-corrected chi connectivity index (χ3v) is 3.51. The molecule has 2 aromatic rings. The van der Waals surface area contributed by atoms with E-state index in [-0.39, 0.29) is 0 Å². The van der Waals surface area contributed by atoms with Crippen molar-refractivity contribution in [3.05, 3.63) is 48.5 Å². The van der Waals surface area contributed by atoms with Gasteiger partial charge in [0.1, 0.15) is 12.4 Å². The van der Waals surface area contributed by atoms with Gasteiger partial charge in [-0.1, -0.05) is 6.07 Å². The van der Waals surface area contributed by atoms with Gasteiger partial charge in [0.05, 0.1) is 0 Å². The zero-order valence-corrected chi connectivity index (χ0v) is 12.0. The van der Waals surface area contributed by atoms with Crippen LogP contribution < -0.4 is 15.0 Å². The summed E-state index contributed by atoms with van der Waals surface area (Å²) in [6.07, 6.45) is 4.63. The van der Waals surface area contributed by atoms with Crippen molar-refractivity contribution in [3.8, 4) is 5.75 Å². The monoisotopic (exact) mass is 284 g/mol. The lowest BCUT2D eigenvalue weighted by atomic mass is 10.2. The molecule has 1 aliphatic heterocycles. The minimum Gasteiger partial charge on any atom is -0.486 e. The normalized spacial score (nSPS) is 15.5. The molecule has 1 saturated heterocycles. The van der Waals surface area contributed by atoms with E-state index in [1.807, 2.05) is 12.1 Å². The summed E-state index contributed by atoms with van der Waals surface area (Å²) in [5.41, 5.74) is 1.21. The molecule has 21 heavy (non-hydrogen) atoms. The van der Waals surface area contributed by atoms with Gasteiger partial charge < -0.3 is 15.0 Å². The molecular formula is C16H20N4O. The van der Waals surface area contributed by atoms with Crippen LogP contribution in [0.4, 0.5) is 5.69 Å². The number of rotatable bonds is 4. The van der Waals surface area contributed by atoms with Gasteiger partial charge >= 0.3 is 0 Å². The molecule has 3 rings (SSSR count). The lowest BCUT2D eigenvalue weighted by molar-refractivity contribution is 0.296. The van der Waals surface area contributed by atoms with Gasteiger partial charge in [-0.05, 0) is 31.2 Å². The molecule has 0 amide bonds. The van der Waals surface area contributed by atoms with Gasteiger partial charge in [-0.3, -0.25) is 0 Å². The second-order valence-corrected chi connectivity index (χ2v) is 5.04. The number of anilines is 1. The molecule has 0 saturated carbocycles. The number of nitrogens with zero attached hydrogens (tertiary/aromatic N) is 3. The minimum atomic E-state index is 0.395. The third kappa shape index (κ3) is 3.92. The van der Waals surface area contributed by atoms with Crippen LogP contribution in [0.15, 0.2) is 42.7 Å².